The number of anilines is 1. The molecule has 6 nitrogen and oxygen atoms in total. The van der Waals surface area contributed by atoms with Crippen molar-refractivity contribution in [3.8, 4) is 5.75 Å². The molecule has 28 heavy (non-hydrogen) atoms. The second-order valence-corrected chi connectivity index (χ2v) is 7.90. The summed E-state index contributed by atoms with van der Waals surface area (Å²) in [5.41, 5.74) is 0.893. The third-order valence-corrected chi connectivity index (χ3v) is 5.32. The van der Waals surface area contributed by atoms with E-state index in [0.29, 0.717) is 35.1 Å². The molecule has 0 saturated carbocycles. The van der Waals surface area contributed by atoms with E-state index in [-0.39, 0.29) is 18.4 Å². The summed E-state index contributed by atoms with van der Waals surface area (Å²) in [7, 11) is 2.04. The molecule has 3 rings (SSSR count). The number of rotatable bonds is 5. The van der Waals surface area contributed by atoms with Gasteiger partial charge in [-0.15, -0.1) is 0 Å². The molecular weight excluding hydrogens is 446 g/mol. The lowest BCUT2D eigenvalue weighted by Gasteiger charge is -2.32. The minimum Gasteiger partial charge on any atom is -0.484 e. The molecule has 1 heterocycles. The van der Waals surface area contributed by atoms with Crippen molar-refractivity contribution in [3.05, 3.63) is 57.5 Å². The van der Waals surface area contributed by atoms with Crippen LogP contribution in [0.5, 0.6) is 5.75 Å². The average Bonchev–Trinajstić information content (AvgIpc) is 2.69. The minimum atomic E-state index is -0.353. The van der Waals surface area contributed by atoms with Crippen molar-refractivity contribution in [1.29, 1.82) is 0 Å². The molecule has 2 aromatic rings. The predicted octanol–water partition coefficient (Wildman–Crippen LogP) is 3.51. The molecule has 0 aromatic heterocycles. The van der Waals surface area contributed by atoms with E-state index in [2.05, 4.69) is 26.1 Å². The number of nitrogens with one attached hydrogen (secondary N) is 1. The Morgan fingerprint density at radius 3 is 2.46 bits per heavy atom. The van der Waals surface area contributed by atoms with E-state index in [1.807, 2.05) is 24.1 Å². The first-order valence-corrected chi connectivity index (χ1v) is 10.0. The largest absolute Gasteiger partial charge is 0.484 e. The summed E-state index contributed by atoms with van der Waals surface area (Å²) in [5, 5.41) is 3.08. The van der Waals surface area contributed by atoms with Crippen LogP contribution in [0.4, 0.5) is 5.69 Å². The van der Waals surface area contributed by atoms with Gasteiger partial charge in [0.25, 0.3) is 11.8 Å². The van der Waals surface area contributed by atoms with Crippen LogP contribution in [0.1, 0.15) is 10.4 Å². The van der Waals surface area contributed by atoms with Gasteiger partial charge in [0.1, 0.15) is 5.75 Å². The molecule has 0 atom stereocenters. The van der Waals surface area contributed by atoms with Gasteiger partial charge in [0.2, 0.25) is 0 Å². The minimum absolute atomic E-state index is 0.0635. The number of carbonyl (C=O) groups excluding carboxylic acids is 2. The zero-order valence-corrected chi connectivity index (χ0v) is 17.8. The first-order chi connectivity index (χ1) is 13.4. The lowest BCUT2D eigenvalue weighted by atomic mass is 10.1. The fourth-order valence-electron chi connectivity index (χ4n) is 2.81. The van der Waals surface area contributed by atoms with Crippen LogP contribution in [0.25, 0.3) is 0 Å². The number of amides is 2. The Bertz CT molecular complexity index is 852. The van der Waals surface area contributed by atoms with Crippen molar-refractivity contribution in [2.45, 2.75) is 0 Å². The Morgan fingerprint density at radius 2 is 1.79 bits per heavy atom. The van der Waals surface area contributed by atoms with Crippen LogP contribution in [0.15, 0.2) is 46.9 Å². The highest BCUT2D eigenvalue weighted by Gasteiger charge is 2.21. The van der Waals surface area contributed by atoms with Crippen LogP contribution in [0.2, 0.25) is 5.02 Å². The molecule has 0 unspecified atom stereocenters. The normalized spacial score (nSPS) is 14.6. The second-order valence-electron chi connectivity index (χ2n) is 6.58. The van der Waals surface area contributed by atoms with Crippen molar-refractivity contribution in [3.63, 3.8) is 0 Å². The van der Waals surface area contributed by atoms with E-state index in [9.17, 15) is 9.59 Å². The molecule has 1 N–H and O–H groups in total. The summed E-state index contributed by atoms with van der Waals surface area (Å²) in [6.07, 6.45) is 0. The topological polar surface area (TPSA) is 61.9 Å². The smallest absolute Gasteiger partial charge is 0.262 e. The lowest BCUT2D eigenvalue weighted by Crippen LogP contribution is -2.47. The summed E-state index contributed by atoms with van der Waals surface area (Å²) in [6, 6.07) is 12.1. The fourth-order valence-corrected chi connectivity index (χ4v) is 3.24. The molecule has 0 aliphatic carbocycles. The fraction of sp³-hybridized carbons (Fsp3) is 0.300. The van der Waals surface area contributed by atoms with Crippen molar-refractivity contribution < 1.29 is 14.3 Å². The maximum absolute atomic E-state index is 12.7. The molecule has 148 valence electrons. The molecule has 0 radical (unpaired) electrons. The number of ether oxygens (including phenoxy) is 1. The van der Waals surface area contributed by atoms with Crippen LogP contribution in [-0.2, 0) is 4.79 Å². The standard InChI is InChI=1S/C20H21BrClN3O3/c1-24-8-10-25(11-9-24)20(27)14-2-7-17(22)18(12-14)23-19(26)13-28-16-5-3-15(21)4-6-16/h2-7,12H,8-11,13H2,1H3,(H,23,26). The van der Waals surface area contributed by atoms with E-state index < -0.39 is 0 Å². The molecule has 1 fully saturated rings. The number of piperazine rings is 1. The van der Waals surface area contributed by atoms with Gasteiger partial charge in [-0.2, -0.15) is 0 Å². The SMILES string of the molecule is CN1CCN(C(=O)c2ccc(Cl)c(NC(=O)COc3ccc(Br)cc3)c2)CC1. The van der Waals surface area contributed by atoms with Crippen LogP contribution < -0.4 is 10.1 Å². The van der Waals surface area contributed by atoms with Crippen molar-refractivity contribution >= 4 is 45.0 Å². The average molecular weight is 467 g/mol. The molecule has 0 bridgehead atoms. The van der Waals surface area contributed by atoms with Gasteiger partial charge >= 0.3 is 0 Å². The molecule has 8 heteroatoms. The maximum atomic E-state index is 12.7. The monoisotopic (exact) mass is 465 g/mol. The summed E-state index contributed by atoms with van der Waals surface area (Å²) in [5.74, 6) is 0.170. The number of benzene rings is 2. The van der Waals surface area contributed by atoms with E-state index in [1.54, 1.807) is 30.3 Å². The molecular formula is C20H21BrClN3O3. The summed E-state index contributed by atoms with van der Waals surface area (Å²) < 4.78 is 6.39. The van der Waals surface area contributed by atoms with Gasteiger partial charge in [-0.1, -0.05) is 27.5 Å². The van der Waals surface area contributed by atoms with Gasteiger partial charge in [0.15, 0.2) is 6.61 Å². The summed E-state index contributed by atoms with van der Waals surface area (Å²) in [4.78, 5) is 28.9. The van der Waals surface area contributed by atoms with Crippen molar-refractivity contribution in [1.82, 2.24) is 9.80 Å². The van der Waals surface area contributed by atoms with Gasteiger partial charge in [0, 0.05) is 36.2 Å². The highest BCUT2D eigenvalue weighted by Crippen LogP contribution is 2.24. The van der Waals surface area contributed by atoms with Gasteiger partial charge in [-0.25, -0.2) is 0 Å². The Balaban J connectivity index is 1.61. The van der Waals surface area contributed by atoms with Crippen LogP contribution >= 0.6 is 27.5 Å². The van der Waals surface area contributed by atoms with Gasteiger partial charge in [0.05, 0.1) is 10.7 Å². The number of halogens is 2. The van der Waals surface area contributed by atoms with Gasteiger partial charge in [-0.3, -0.25) is 9.59 Å². The lowest BCUT2D eigenvalue weighted by molar-refractivity contribution is -0.118. The molecule has 0 spiro atoms. The van der Waals surface area contributed by atoms with Crippen LogP contribution in [-0.4, -0.2) is 61.4 Å². The third-order valence-electron chi connectivity index (χ3n) is 4.46. The molecule has 1 aliphatic rings. The highest BCUT2D eigenvalue weighted by molar-refractivity contribution is 9.10. The molecule has 2 aromatic carbocycles. The summed E-state index contributed by atoms with van der Waals surface area (Å²) in [6.45, 7) is 2.89. The van der Waals surface area contributed by atoms with Crippen molar-refractivity contribution in [2.24, 2.45) is 0 Å². The van der Waals surface area contributed by atoms with Gasteiger partial charge in [-0.05, 0) is 49.5 Å². The van der Waals surface area contributed by atoms with E-state index >= 15 is 0 Å². The third kappa shape index (κ3) is 5.47. The molecule has 1 aliphatic heterocycles. The second kappa shape index (κ2) is 9.41. The zero-order valence-electron chi connectivity index (χ0n) is 15.5. The Labute approximate surface area is 177 Å². The first-order valence-electron chi connectivity index (χ1n) is 8.88. The van der Waals surface area contributed by atoms with E-state index in [1.165, 1.54) is 0 Å². The van der Waals surface area contributed by atoms with Crippen molar-refractivity contribution in [2.75, 3.05) is 45.2 Å². The predicted molar refractivity (Wildman–Crippen MR) is 113 cm³/mol. The number of hydrogen-bond acceptors (Lipinski definition) is 4. The maximum Gasteiger partial charge on any atom is 0.262 e. The van der Waals surface area contributed by atoms with Gasteiger partial charge < -0.3 is 19.9 Å². The Kier molecular flexibility index (Phi) is 6.93. The van der Waals surface area contributed by atoms with Crippen LogP contribution in [0.3, 0.4) is 0 Å². The number of carbonyl (C=O) groups is 2. The van der Waals surface area contributed by atoms with E-state index in [0.717, 1.165) is 17.6 Å². The number of likely N-dealkylation sites (N-methyl/N-ethyl adjacent to an activating group) is 1. The number of nitrogens with zero attached hydrogens (tertiary/aromatic N) is 2. The molecule has 1 saturated heterocycles. The quantitative estimate of drug-likeness (QED) is 0.732. The first kappa shape index (κ1) is 20.6. The zero-order chi connectivity index (χ0) is 20.1. The summed E-state index contributed by atoms with van der Waals surface area (Å²) >= 11 is 9.54. The Hall–Kier alpha value is -2.09. The highest BCUT2D eigenvalue weighted by atomic mass is 79.9. The van der Waals surface area contributed by atoms with E-state index in [4.69, 9.17) is 16.3 Å². The number of hydrogen-bond donors (Lipinski definition) is 1. The Morgan fingerprint density at radius 1 is 1.11 bits per heavy atom. The van der Waals surface area contributed by atoms with Crippen LogP contribution in [0, 0.1) is 0 Å². The molecule has 2 amide bonds.